The lowest BCUT2D eigenvalue weighted by atomic mass is 10.1. The van der Waals surface area contributed by atoms with Gasteiger partial charge in [-0.1, -0.05) is 12.1 Å². The number of hydrogen-bond donors (Lipinski definition) is 1. The topological polar surface area (TPSA) is 40.5 Å². The number of benzene rings is 1. The van der Waals surface area contributed by atoms with Gasteiger partial charge in [0.25, 0.3) is 5.91 Å². The number of carbonyl (C=O) groups excluding carboxylic acids is 1. The number of aliphatic hydroxyl groups excluding tert-OH is 1. The molecule has 1 unspecified atom stereocenters. The fraction of sp³-hybridized carbons (Fsp3) is 0.364. The molecule has 1 aliphatic rings. The smallest absolute Gasteiger partial charge is 0.383 e. The number of rotatable bonds is 1. The van der Waals surface area contributed by atoms with Gasteiger partial charge in [0.1, 0.15) is 6.10 Å². The van der Waals surface area contributed by atoms with E-state index in [1.54, 1.807) is 0 Å². The third-order valence-electron chi connectivity index (χ3n) is 2.68. The van der Waals surface area contributed by atoms with Gasteiger partial charge < -0.3 is 10.0 Å². The maximum absolute atomic E-state index is 12.7. The predicted octanol–water partition coefficient (Wildman–Crippen LogP) is 1.80. The van der Waals surface area contributed by atoms with Crippen LogP contribution in [-0.2, 0) is 11.0 Å². The number of halogens is 3. The Labute approximate surface area is 95.5 Å². The number of nitrogens with zero attached hydrogens (tertiary/aromatic N) is 1. The van der Waals surface area contributed by atoms with Gasteiger partial charge in [-0.2, -0.15) is 13.2 Å². The summed E-state index contributed by atoms with van der Waals surface area (Å²) in [6, 6.07) is 4.86. The molecule has 0 bridgehead atoms. The van der Waals surface area contributed by atoms with Crippen LogP contribution in [0.3, 0.4) is 0 Å². The highest BCUT2D eigenvalue weighted by molar-refractivity contribution is 5.99. The zero-order valence-electron chi connectivity index (χ0n) is 8.74. The summed E-state index contributed by atoms with van der Waals surface area (Å²) in [5.74, 6) is -0.679. The molecule has 17 heavy (non-hydrogen) atoms. The molecule has 1 atom stereocenters. The van der Waals surface area contributed by atoms with Gasteiger partial charge in [0.2, 0.25) is 0 Å². The summed E-state index contributed by atoms with van der Waals surface area (Å²) in [4.78, 5) is 12.5. The van der Waals surface area contributed by atoms with Crippen LogP contribution in [0.25, 0.3) is 0 Å². The van der Waals surface area contributed by atoms with Gasteiger partial charge in [0, 0.05) is 13.0 Å². The van der Waals surface area contributed by atoms with Crippen molar-refractivity contribution < 1.29 is 23.1 Å². The first-order chi connectivity index (χ1) is 7.91. The van der Waals surface area contributed by atoms with Gasteiger partial charge in [0.05, 0.1) is 11.3 Å². The number of amides is 1. The van der Waals surface area contributed by atoms with E-state index in [0.29, 0.717) is 0 Å². The molecule has 1 amide bonds. The van der Waals surface area contributed by atoms with Crippen molar-refractivity contribution in [1.82, 2.24) is 0 Å². The van der Waals surface area contributed by atoms with Gasteiger partial charge >= 0.3 is 6.18 Å². The van der Waals surface area contributed by atoms with Crippen molar-refractivity contribution in [3.63, 3.8) is 0 Å². The van der Waals surface area contributed by atoms with Crippen LogP contribution in [0.5, 0.6) is 0 Å². The molecule has 1 aromatic rings. The first-order valence-corrected chi connectivity index (χ1v) is 5.07. The highest BCUT2D eigenvalue weighted by atomic mass is 19.4. The molecule has 0 aromatic heterocycles. The van der Waals surface area contributed by atoms with Gasteiger partial charge in [-0.05, 0) is 12.1 Å². The molecule has 2 rings (SSSR count). The Morgan fingerprint density at radius 2 is 1.94 bits per heavy atom. The fourth-order valence-electron chi connectivity index (χ4n) is 1.85. The molecule has 0 aliphatic carbocycles. The van der Waals surface area contributed by atoms with E-state index in [0.717, 1.165) is 11.0 Å². The summed E-state index contributed by atoms with van der Waals surface area (Å²) in [7, 11) is 0. The first-order valence-electron chi connectivity index (χ1n) is 5.07. The number of anilines is 1. The monoisotopic (exact) mass is 245 g/mol. The van der Waals surface area contributed by atoms with Crippen LogP contribution in [0.4, 0.5) is 18.9 Å². The molecule has 1 saturated heterocycles. The molecule has 1 fully saturated rings. The van der Waals surface area contributed by atoms with Crippen LogP contribution >= 0.6 is 0 Å². The van der Waals surface area contributed by atoms with Crippen molar-refractivity contribution >= 4 is 11.6 Å². The second-order valence-electron chi connectivity index (χ2n) is 3.81. The molecule has 92 valence electrons. The van der Waals surface area contributed by atoms with Crippen molar-refractivity contribution in [2.75, 3.05) is 11.4 Å². The van der Waals surface area contributed by atoms with Crippen LogP contribution < -0.4 is 4.90 Å². The minimum absolute atomic E-state index is 0.104. The Morgan fingerprint density at radius 3 is 2.47 bits per heavy atom. The molecule has 1 aromatic carbocycles. The molecule has 6 heteroatoms. The molecule has 3 nitrogen and oxygen atoms in total. The van der Waals surface area contributed by atoms with E-state index in [1.807, 2.05) is 0 Å². The lowest BCUT2D eigenvalue weighted by molar-refractivity contribution is -0.137. The molecule has 0 saturated carbocycles. The van der Waals surface area contributed by atoms with Crippen LogP contribution in [-0.4, -0.2) is 23.7 Å². The van der Waals surface area contributed by atoms with E-state index < -0.39 is 23.8 Å². The van der Waals surface area contributed by atoms with Crippen molar-refractivity contribution in [2.45, 2.75) is 18.7 Å². The lowest BCUT2D eigenvalue weighted by Crippen LogP contribution is -2.30. The van der Waals surface area contributed by atoms with Crippen LogP contribution in [0, 0.1) is 0 Å². The molecule has 1 N–H and O–H groups in total. The zero-order valence-corrected chi connectivity index (χ0v) is 8.74. The first kappa shape index (κ1) is 11.9. The quantitative estimate of drug-likeness (QED) is 0.819. The van der Waals surface area contributed by atoms with E-state index in [2.05, 4.69) is 0 Å². The molecule has 1 heterocycles. The van der Waals surface area contributed by atoms with E-state index in [-0.39, 0.29) is 18.7 Å². The van der Waals surface area contributed by atoms with E-state index in [4.69, 9.17) is 0 Å². The minimum atomic E-state index is -4.51. The maximum Gasteiger partial charge on any atom is 0.418 e. The Hall–Kier alpha value is -1.56. The molecule has 0 radical (unpaired) electrons. The van der Waals surface area contributed by atoms with Crippen molar-refractivity contribution in [1.29, 1.82) is 0 Å². The third-order valence-corrected chi connectivity index (χ3v) is 2.68. The summed E-state index contributed by atoms with van der Waals surface area (Å²) in [5.41, 5.74) is -1.05. The molecular weight excluding hydrogens is 235 g/mol. The number of aliphatic hydroxyl groups is 1. The summed E-state index contributed by atoms with van der Waals surface area (Å²) in [6.45, 7) is 0.104. The largest absolute Gasteiger partial charge is 0.418 e. The maximum atomic E-state index is 12.7. The van der Waals surface area contributed by atoms with Crippen molar-refractivity contribution in [3.05, 3.63) is 29.8 Å². The normalized spacial score (nSPS) is 21.1. The predicted molar refractivity (Wildman–Crippen MR) is 54.4 cm³/mol. The summed E-state index contributed by atoms with van der Waals surface area (Å²) in [6.07, 6.45) is -5.55. The Morgan fingerprint density at radius 1 is 1.29 bits per heavy atom. The van der Waals surface area contributed by atoms with Crippen molar-refractivity contribution in [3.8, 4) is 0 Å². The number of para-hydroxylation sites is 1. The Balaban J connectivity index is 2.43. The Bertz CT molecular complexity index is 445. The average molecular weight is 245 g/mol. The molecule has 0 spiro atoms. The molecule has 1 aliphatic heterocycles. The second-order valence-corrected chi connectivity index (χ2v) is 3.81. The third kappa shape index (κ3) is 2.12. The van der Waals surface area contributed by atoms with Crippen molar-refractivity contribution in [2.24, 2.45) is 0 Å². The highest BCUT2D eigenvalue weighted by Gasteiger charge is 2.38. The molecular formula is C11H10F3NO2. The SMILES string of the molecule is O=C1C(O)CCN1c1ccccc1C(F)(F)F. The van der Waals surface area contributed by atoms with E-state index in [9.17, 15) is 23.1 Å². The number of hydrogen-bond acceptors (Lipinski definition) is 2. The fourth-order valence-corrected chi connectivity index (χ4v) is 1.85. The average Bonchev–Trinajstić information content (AvgIpc) is 2.59. The van der Waals surface area contributed by atoms with Crippen LogP contribution in [0.2, 0.25) is 0 Å². The number of alkyl halides is 3. The highest BCUT2D eigenvalue weighted by Crippen LogP contribution is 2.37. The van der Waals surface area contributed by atoms with E-state index >= 15 is 0 Å². The van der Waals surface area contributed by atoms with Crippen LogP contribution in [0.15, 0.2) is 24.3 Å². The van der Waals surface area contributed by atoms with Gasteiger partial charge in [0.15, 0.2) is 0 Å². The second kappa shape index (κ2) is 4.03. The zero-order chi connectivity index (χ0) is 12.6. The van der Waals surface area contributed by atoms with Gasteiger partial charge in [-0.15, -0.1) is 0 Å². The van der Waals surface area contributed by atoms with E-state index in [1.165, 1.54) is 18.2 Å². The summed E-state index contributed by atoms with van der Waals surface area (Å²) < 4.78 is 38.2. The lowest BCUT2D eigenvalue weighted by Gasteiger charge is -2.20. The number of carbonyl (C=O) groups is 1. The summed E-state index contributed by atoms with van der Waals surface area (Å²) in [5, 5.41) is 9.25. The summed E-state index contributed by atoms with van der Waals surface area (Å²) >= 11 is 0. The van der Waals surface area contributed by atoms with Gasteiger partial charge in [-0.3, -0.25) is 4.79 Å². The van der Waals surface area contributed by atoms with Crippen LogP contribution in [0.1, 0.15) is 12.0 Å². The minimum Gasteiger partial charge on any atom is -0.383 e. The van der Waals surface area contributed by atoms with Gasteiger partial charge in [-0.25, -0.2) is 0 Å². The Kier molecular flexibility index (Phi) is 2.82. The standard InChI is InChI=1S/C11H10F3NO2/c12-11(13,14)7-3-1-2-4-8(7)15-6-5-9(16)10(15)17/h1-4,9,16H,5-6H2.